The van der Waals surface area contributed by atoms with E-state index >= 15 is 0 Å². The zero-order valence-electron chi connectivity index (χ0n) is 18.2. The van der Waals surface area contributed by atoms with Crippen LogP contribution in [0.1, 0.15) is 12.5 Å². The molecule has 0 unspecified atom stereocenters. The summed E-state index contributed by atoms with van der Waals surface area (Å²) in [6, 6.07) is 22.4. The SMILES string of the molecule is COc1cccc(/C=N/NC(=O)COc2ccc(-c3ccccc3)cc2)c1O[C@@H](C)C(=O)O. The number of benzene rings is 3. The number of carbonyl (C=O) groups excluding carboxylic acids is 1. The molecule has 0 saturated heterocycles. The Kier molecular flexibility index (Phi) is 8.02. The minimum absolute atomic E-state index is 0.211. The van der Waals surface area contributed by atoms with Crippen molar-refractivity contribution in [2.45, 2.75) is 13.0 Å². The van der Waals surface area contributed by atoms with Gasteiger partial charge in [0.05, 0.1) is 13.3 Å². The van der Waals surface area contributed by atoms with Crippen LogP contribution in [-0.4, -0.2) is 43.0 Å². The zero-order chi connectivity index (χ0) is 23.6. The van der Waals surface area contributed by atoms with Crippen molar-refractivity contribution in [1.29, 1.82) is 0 Å². The van der Waals surface area contributed by atoms with Gasteiger partial charge in [0.15, 0.2) is 24.2 Å². The molecule has 0 aromatic heterocycles. The third-order valence-corrected chi connectivity index (χ3v) is 4.60. The number of nitrogens with one attached hydrogen (secondary N) is 1. The Bertz CT molecular complexity index is 1110. The Labute approximate surface area is 191 Å². The van der Waals surface area contributed by atoms with Crippen molar-refractivity contribution in [3.63, 3.8) is 0 Å². The van der Waals surface area contributed by atoms with E-state index in [1.54, 1.807) is 30.3 Å². The number of nitrogens with zero attached hydrogens (tertiary/aromatic N) is 1. The highest BCUT2D eigenvalue weighted by Crippen LogP contribution is 2.31. The molecule has 8 nitrogen and oxygen atoms in total. The maximum atomic E-state index is 12.1. The molecule has 3 rings (SSSR count). The molecule has 0 saturated carbocycles. The van der Waals surface area contributed by atoms with Gasteiger partial charge in [-0.05, 0) is 42.3 Å². The Morgan fingerprint density at radius 2 is 1.70 bits per heavy atom. The monoisotopic (exact) mass is 448 g/mol. The number of hydrogen-bond acceptors (Lipinski definition) is 6. The topological polar surface area (TPSA) is 106 Å². The van der Waals surface area contributed by atoms with Crippen LogP contribution in [0.25, 0.3) is 11.1 Å². The maximum absolute atomic E-state index is 12.1. The Hall–Kier alpha value is -4.33. The average molecular weight is 448 g/mol. The van der Waals surface area contributed by atoms with Crippen LogP contribution in [-0.2, 0) is 9.59 Å². The van der Waals surface area contributed by atoms with Gasteiger partial charge in [0, 0.05) is 5.56 Å². The van der Waals surface area contributed by atoms with Crippen LogP contribution in [0.4, 0.5) is 0 Å². The number of ether oxygens (including phenoxy) is 3. The van der Waals surface area contributed by atoms with E-state index in [2.05, 4.69) is 10.5 Å². The smallest absolute Gasteiger partial charge is 0.344 e. The molecule has 0 bridgehead atoms. The molecule has 33 heavy (non-hydrogen) atoms. The lowest BCUT2D eigenvalue weighted by Crippen LogP contribution is -2.25. The van der Waals surface area contributed by atoms with Crippen LogP contribution in [0.3, 0.4) is 0 Å². The average Bonchev–Trinajstić information content (AvgIpc) is 2.84. The summed E-state index contributed by atoms with van der Waals surface area (Å²) in [6.45, 7) is 1.18. The first-order valence-electron chi connectivity index (χ1n) is 10.1. The summed E-state index contributed by atoms with van der Waals surface area (Å²) >= 11 is 0. The summed E-state index contributed by atoms with van der Waals surface area (Å²) in [7, 11) is 1.44. The van der Waals surface area contributed by atoms with Crippen LogP contribution in [0, 0.1) is 0 Å². The normalized spacial score (nSPS) is 11.6. The lowest BCUT2D eigenvalue weighted by Gasteiger charge is -2.15. The van der Waals surface area contributed by atoms with E-state index < -0.39 is 18.0 Å². The molecule has 0 aliphatic heterocycles. The fraction of sp³-hybridized carbons (Fsp3) is 0.160. The lowest BCUT2D eigenvalue weighted by atomic mass is 10.1. The predicted molar refractivity (Wildman–Crippen MR) is 124 cm³/mol. The quantitative estimate of drug-likeness (QED) is 0.361. The van der Waals surface area contributed by atoms with E-state index in [1.807, 2.05) is 42.5 Å². The molecule has 0 aliphatic rings. The molecule has 170 valence electrons. The summed E-state index contributed by atoms with van der Waals surface area (Å²) in [5.41, 5.74) is 4.96. The van der Waals surface area contributed by atoms with Crippen molar-refractivity contribution in [2.24, 2.45) is 5.10 Å². The van der Waals surface area contributed by atoms with Crippen molar-refractivity contribution >= 4 is 18.1 Å². The Balaban J connectivity index is 1.56. The first-order valence-corrected chi connectivity index (χ1v) is 10.1. The van der Waals surface area contributed by atoms with Crippen LogP contribution in [0.5, 0.6) is 17.2 Å². The first-order chi connectivity index (χ1) is 16.0. The minimum Gasteiger partial charge on any atom is -0.493 e. The number of hydrazone groups is 1. The van der Waals surface area contributed by atoms with E-state index in [9.17, 15) is 9.59 Å². The summed E-state index contributed by atoms with van der Waals surface area (Å²) in [5.74, 6) is -0.461. The van der Waals surface area contributed by atoms with Gasteiger partial charge in [-0.1, -0.05) is 48.5 Å². The standard InChI is InChI=1S/C25H24N2O6/c1-17(25(29)30)33-24-20(9-6-10-22(24)31-2)15-26-27-23(28)16-32-21-13-11-19(12-14-21)18-7-4-3-5-8-18/h3-15,17H,16H2,1-2H3,(H,27,28)(H,29,30)/b26-15+/t17-/m0/s1. The summed E-state index contributed by atoms with van der Waals surface area (Å²) in [5, 5.41) is 13.0. The molecule has 1 amide bonds. The molecule has 0 heterocycles. The molecule has 0 aliphatic carbocycles. The summed E-state index contributed by atoms with van der Waals surface area (Å²) < 4.78 is 16.2. The van der Waals surface area contributed by atoms with Crippen LogP contribution in [0.15, 0.2) is 77.9 Å². The van der Waals surface area contributed by atoms with E-state index in [0.29, 0.717) is 17.1 Å². The van der Waals surface area contributed by atoms with E-state index in [0.717, 1.165) is 11.1 Å². The number of carboxylic acid groups (broad SMARTS) is 1. The van der Waals surface area contributed by atoms with Crippen molar-refractivity contribution in [3.05, 3.63) is 78.4 Å². The van der Waals surface area contributed by atoms with Gasteiger partial charge in [0.1, 0.15) is 5.75 Å². The number of amides is 1. The molecule has 2 N–H and O–H groups in total. The number of rotatable bonds is 10. The van der Waals surface area contributed by atoms with Crippen LogP contribution in [0.2, 0.25) is 0 Å². The van der Waals surface area contributed by atoms with Crippen LogP contribution < -0.4 is 19.6 Å². The van der Waals surface area contributed by atoms with Gasteiger partial charge in [-0.15, -0.1) is 0 Å². The van der Waals surface area contributed by atoms with Gasteiger partial charge < -0.3 is 19.3 Å². The third kappa shape index (κ3) is 6.57. The second-order valence-corrected chi connectivity index (χ2v) is 6.95. The molecule has 0 radical (unpaired) electrons. The third-order valence-electron chi connectivity index (χ3n) is 4.60. The highest BCUT2D eigenvalue weighted by Gasteiger charge is 2.18. The predicted octanol–water partition coefficient (Wildman–Crippen LogP) is 3.74. The zero-order valence-corrected chi connectivity index (χ0v) is 18.2. The second kappa shape index (κ2) is 11.3. The molecule has 1 atom stereocenters. The number of hydrogen-bond donors (Lipinski definition) is 2. The Morgan fingerprint density at radius 3 is 2.36 bits per heavy atom. The molecule has 3 aromatic carbocycles. The van der Waals surface area contributed by atoms with E-state index in [1.165, 1.54) is 20.2 Å². The largest absolute Gasteiger partial charge is 0.493 e. The minimum atomic E-state index is -1.12. The molecule has 3 aromatic rings. The van der Waals surface area contributed by atoms with Gasteiger partial charge in [0.2, 0.25) is 0 Å². The van der Waals surface area contributed by atoms with Gasteiger partial charge in [-0.2, -0.15) is 5.10 Å². The Morgan fingerprint density at radius 1 is 1.00 bits per heavy atom. The van der Waals surface area contributed by atoms with E-state index in [-0.39, 0.29) is 12.4 Å². The van der Waals surface area contributed by atoms with Crippen molar-refractivity contribution in [2.75, 3.05) is 13.7 Å². The summed E-state index contributed by atoms with van der Waals surface area (Å²) in [4.78, 5) is 23.2. The molecular formula is C25H24N2O6. The lowest BCUT2D eigenvalue weighted by molar-refractivity contribution is -0.144. The van der Waals surface area contributed by atoms with Gasteiger partial charge >= 0.3 is 5.97 Å². The fourth-order valence-electron chi connectivity index (χ4n) is 2.88. The van der Waals surface area contributed by atoms with Crippen molar-refractivity contribution in [3.8, 4) is 28.4 Å². The number of methoxy groups -OCH3 is 1. The number of aliphatic carboxylic acids is 1. The fourth-order valence-corrected chi connectivity index (χ4v) is 2.88. The first kappa shape index (κ1) is 23.3. The number of para-hydroxylation sites is 1. The highest BCUT2D eigenvalue weighted by atomic mass is 16.5. The number of carbonyl (C=O) groups is 2. The van der Waals surface area contributed by atoms with E-state index in [4.69, 9.17) is 19.3 Å². The molecule has 0 spiro atoms. The highest BCUT2D eigenvalue weighted by molar-refractivity contribution is 5.87. The molecule has 0 fully saturated rings. The second-order valence-electron chi connectivity index (χ2n) is 6.95. The maximum Gasteiger partial charge on any atom is 0.344 e. The van der Waals surface area contributed by atoms with Gasteiger partial charge in [0.25, 0.3) is 5.91 Å². The van der Waals surface area contributed by atoms with Crippen LogP contribution >= 0.6 is 0 Å². The van der Waals surface area contributed by atoms with Crippen molar-refractivity contribution in [1.82, 2.24) is 5.43 Å². The van der Waals surface area contributed by atoms with Gasteiger partial charge in [-0.25, -0.2) is 10.2 Å². The molecular weight excluding hydrogens is 424 g/mol. The summed E-state index contributed by atoms with van der Waals surface area (Å²) in [6.07, 6.45) is 0.253. The molecule has 8 heteroatoms. The van der Waals surface area contributed by atoms with Crippen molar-refractivity contribution < 1.29 is 28.9 Å². The van der Waals surface area contributed by atoms with Gasteiger partial charge in [-0.3, -0.25) is 4.79 Å². The number of carboxylic acids is 1.